The third kappa shape index (κ3) is 5.52. The number of carbonyl (C=O) groups excluding carboxylic acids is 1. The lowest BCUT2D eigenvalue weighted by molar-refractivity contribution is -0.147. The van der Waals surface area contributed by atoms with Crippen molar-refractivity contribution in [2.45, 2.75) is 72.3 Å². The van der Waals surface area contributed by atoms with Crippen LogP contribution in [0.4, 0.5) is 0 Å². The Morgan fingerprint density at radius 2 is 2.11 bits per heavy atom. The van der Waals surface area contributed by atoms with Crippen LogP contribution in [-0.2, 0) is 9.53 Å². The standard InChI is InChI=1S/C16H30O3/c1-5-16(3,4)12(2)9-15(18)19-11-13-7-6-8-14(17)10-13/h12-14,17H,5-11H2,1-4H3. The zero-order valence-corrected chi connectivity index (χ0v) is 12.9. The van der Waals surface area contributed by atoms with Gasteiger partial charge < -0.3 is 9.84 Å². The largest absolute Gasteiger partial charge is 0.465 e. The Labute approximate surface area is 117 Å². The van der Waals surface area contributed by atoms with Crippen molar-refractivity contribution in [3.63, 3.8) is 0 Å². The summed E-state index contributed by atoms with van der Waals surface area (Å²) in [5.41, 5.74) is 0.181. The van der Waals surface area contributed by atoms with Gasteiger partial charge in [-0.05, 0) is 36.5 Å². The molecule has 0 amide bonds. The van der Waals surface area contributed by atoms with E-state index in [1.165, 1.54) is 0 Å². The minimum absolute atomic E-state index is 0.0888. The van der Waals surface area contributed by atoms with E-state index in [1.807, 2.05) is 0 Å². The SMILES string of the molecule is CCC(C)(C)C(C)CC(=O)OCC1CCCC(O)C1. The van der Waals surface area contributed by atoms with Crippen molar-refractivity contribution < 1.29 is 14.6 Å². The van der Waals surface area contributed by atoms with Crippen LogP contribution in [0.2, 0.25) is 0 Å². The maximum atomic E-state index is 11.9. The molecule has 0 aromatic heterocycles. The summed E-state index contributed by atoms with van der Waals surface area (Å²) in [4.78, 5) is 11.9. The molecule has 0 radical (unpaired) electrons. The number of esters is 1. The molecule has 3 heteroatoms. The van der Waals surface area contributed by atoms with Crippen molar-refractivity contribution >= 4 is 5.97 Å². The van der Waals surface area contributed by atoms with Gasteiger partial charge in [0.2, 0.25) is 0 Å². The van der Waals surface area contributed by atoms with E-state index in [2.05, 4.69) is 27.7 Å². The summed E-state index contributed by atoms with van der Waals surface area (Å²) in [6.07, 6.45) is 5.15. The van der Waals surface area contributed by atoms with Crippen molar-refractivity contribution in [3.05, 3.63) is 0 Å². The number of aliphatic hydroxyl groups excluding tert-OH is 1. The zero-order valence-electron chi connectivity index (χ0n) is 12.9. The number of hydrogen-bond acceptors (Lipinski definition) is 3. The highest BCUT2D eigenvalue weighted by Gasteiger charge is 2.27. The van der Waals surface area contributed by atoms with Crippen molar-refractivity contribution in [2.24, 2.45) is 17.3 Å². The van der Waals surface area contributed by atoms with Crippen LogP contribution in [0.25, 0.3) is 0 Å². The van der Waals surface area contributed by atoms with Crippen molar-refractivity contribution in [1.82, 2.24) is 0 Å². The van der Waals surface area contributed by atoms with E-state index in [4.69, 9.17) is 4.74 Å². The second-order valence-electron chi connectivity index (χ2n) is 6.82. The lowest BCUT2D eigenvalue weighted by Gasteiger charge is -2.30. The van der Waals surface area contributed by atoms with Gasteiger partial charge in [-0.3, -0.25) is 4.79 Å². The molecule has 0 aromatic rings. The first kappa shape index (κ1) is 16.5. The van der Waals surface area contributed by atoms with Gasteiger partial charge in [0.1, 0.15) is 0 Å². The average Bonchev–Trinajstić information content (AvgIpc) is 2.36. The summed E-state index contributed by atoms with van der Waals surface area (Å²) in [6, 6.07) is 0. The Morgan fingerprint density at radius 1 is 1.42 bits per heavy atom. The predicted molar refractivity (Wildman–Crippen MR) is 76.8 cm³/mol. The fourth-order valence-electron chi connectivity index (χ4n) is 2.56. The summed E-state index contributed by atoms with van der Waals surface area (Å²) in [7, 11) is 0. The van der Waals surface area contributed by atoms with Gasteiger partial charge in [0, 0.05) is 6.42 Å². The first-order chi connectivity index (χ1) is 8.85. The Bertz CT molecular complexity index is 286. The van der Waals surface area contributed by atoms with Gasteiger partial charge in [-0.15, -0.1) is 0 Å². The molecule has 0 heterocycles. The monoisotopic (exact) mass is 270 g/mol. The number of rotatable bonds is 6. The molecule has 0 saturated heterocycles. The third-order valence-electron chi connectivity index (χ3n) is 4.95. The highest BCUT2D eigenvalue weighted by molar-refractivity contribution is 5.69. The van der Waals surface area contributed by atoms with Crippen LogP contribution in [0, 0.1) is 17.3 Å². The lowest BCUT2D eigenvalue weighted by atomic mass is 9.76. The minimum atomic E-state index is -0.199. The smallest absolute Gasteiger partial charge is 0.306 e. The van der Waals surface area contributed by atoms with Crippen LogP contribution in [-0.4, -0.2) is 23.8 Å². The van der Waals surface area contributed by atoms with Crippen LogP contribution in [0.1, 0.15) is 66.2 Å². The molecular weight excluding hydrogens is 240 g/mol. The molecule has 0 spiro atoms. The molecule has 0 aliphatic heterocycles. The summed E-state index contributed by atoms with van der Waals surface area (Å²) >= 11 is 0. The highest BCUT2D eigenvalue weighted by Crippen LogP contribution is 2.32. The van der Waals surface area contributed by atoms with Crippen molar-refractivity contribution in [2.75, 3.05) is 6.61 Å². The van der Waals surface area contributed by atoms with Crippen molar-refractivity contribution in [1.29, 1.82) is 0 Å². The topological polar surface area (TPSA) is 46.5 Å². The van der Waals surface area contributed by atoms with Crippen LogP contribution in [0.5, 0.6) is 0 Å². The fraction of sp³-hybridized carbons (Fsp3) is 0.938. The van der Waals surface area contributed by atoms with E-state index < -0.39 is 0 Å². The second-order valence-corrected chi connectivity index (χ2v) is 6.82. The summed E-state index contributed by atoms with van der Waals surface area (Å²) in [5, 5.41) is 9.59. The van der Waals surface area contributed by atoms with E-state index >= 15 is 0 Å². The molecule has 1 saturated carbocycles. The molecule has 3 unspecified atom stereocenters. The molecule has 1 aliphatic rings. The Kier molecular flexibility index (Phi) is 6.31. The molecule has 112 valence electrons. The second kappa shape index (κ2) is 7.28. The van der Waals surface area contributed by atoms with Gasteiger partial charge in [-0.2, -0.15) is 0 Å². The summed E-state index contributed by atoms with van der Waals surface area (Å²) in [5.74, 6) is 0.596. The van der Waals surface area contributed by atoms with Gasteiger partial charge in [-0.1, -0.05) is 40.5 Å². The number of carbonyl (C=O) groups is 1. The van der Waals surface area contributed by atoms with Crippen LogP contribution in [0.3, 0.4) is 0 Å². The molecule has 3 nitrogen and oxygen atoms in total. The van der Waals surface area contributed by atoms with Gasteiger partial charge in [0.15, 0.2) is 0 Å². The molecule has 1 fully saturated rings. The molecule has 1 aliphatic carbocycles. The summed E-state index contributed by atoms with van der Waals surface area (Å²) in [6.45, 7) is 9.15. The quantitative estimate of drug-likeness (QED) is 0.751. The number of ether oxygens (including phenoxy) is 1. The van der Waals surface area contributed by atoms with E-state index in [0.29, 0.717) is 24.9 Å². The highest BCUT2D eigenvalue weighted by atomic mass is 16.5. The fourth-order valence-corrected chi connectivity index (χ4v) is 2.56. The first-order valence-corrected chi connectivity index (χ1v) is 7.68. The molecule has 0 aromatic carbocycles. The van der Waals surface area contributed by atoms with Gasteiger partial charge in [0.05, 0.1) is 12.7 Å². The maximum Gasteiger partial charge on any atom is 0.306 e. The average molecular weight is 270 g/mol. The third-order valence-corrected chi connectivity index (χ3v) is 4.95. The summed E-state index contributed by atoms with van der Waals surface area (Å²) < 4.78 is 5.39. The van der Waals surface area contributed by atoms with Gasteiger partial charge in [0.25, 0.3) is 0 Å². The normalized spacial score (nSPS) is 25.9. The molecule has 1 N–H and O–H groups in total. The van der Waals surface area contributed by atoms with Gasteiger partial charge in [-0.25, -0.2) is 0 Å². The first-order valence-electron chi connectivity index (χ1n) is 7.68. The predicted octanol–water partition coefficient (Wildman–Crippen LogP) is 3.54. The maximum absolute atomic E-state index is 11.9. The van der Waals surface area contributed by atoms with E-state index in [-0.39, 0.29) is 17.5 Å². The molecule has 19 heavy (non-hydrogen) atoms. The van der Waals surface area contributed by atoms with Crippen LogP contribution < -0.4 is 0 Å². The Balaban J connectivity index is 2.28. The van der Waals surface area contributed by atoms with E-state index in [9.17, 15) is 9.90 Å². The van der Waals surface area contributed by atoms with Crippen LogP contribution >= 0.6 is 0 Å². The van der Waals surface area contributed by atoms with Crippen LogP contribution in [0.15, 0.2) is 0 Å². The number of hydrogen-bond donors (Lipinski definition) is 1. The van der Waals surface area contributed by atoms with E-state index in [0.717, 1.165) is 32.1 Å². The number of aliphatic hydroxyl groups is 1. The van der Waals surface area contributed by atoms with Gasteiger partial charge >= 0.3 is 5.97 Å². The zero-order chi connectivity index (χ0) is 14.5. The Morgan fingerprint density at radius 3 is 2.68 bits per heavy atom. The Hall–Kier alpha value is -0.570. The lowest BCUT2D eigenvalue weighted by Crippen LogP contribution is -2.27. The van der Waals surface area contributed by atoms with Crippen molar-refractivity contribution in [3.8, 4) is 0 Å². The molecular formula is C16H30O3. The molecule has 1 rings (SSSR count). The molecule has 3 atom stereocenters. The van der Waals surface area contributed by atoms with E-state index in [1.54, 1.807) is 0 Å². The minimum Gasteiger partial charge on any atom is -0.465 e. The molecule has 0 bridgehead atoms.